The van der Waals surface area contributed by atoms with Crippen LogP contribution in [-0.4, -0.2) is 29.1 Å². The standard InChI is InChI=1S/C15H22N4S/c1-3-19(13-6-4-5-11(13)8-16)14-12-7-10(2)20-15(12)18-9-17-14/h7,9,11,13H,3-6,8,16H2,1-2H3. The van der Waals surface area contributed by atoms with Gasteiger partial charge in [-0.1, -0.05) is 6.42 Å². The second-order valence-corrected chi connectivity index (χ2v) is 6.79. The van der Waals surface area contributed by atoms with E-state index in [9.17, 15) is 0 Å². The molecule has 2 aromatic heterocycles. The van der Waals surface area contributed by atoms with E-state index in [4.69, 9.17) is 5.73 Å². The highest BCUT2D eigenvalue weighted by molar-refractivity contribution is 7.18. The van der Waals surface area contributed by atoms with Crippen LogP contribution in [0.3, 0.4) is 0 Å². The Morgan fingerprint density at radius 1 is 1.40 bits per heavy atom. The maximum atomic E-state index is 5.95. The van der Waals surface area contributed by atoms with E-state index in [1.54, 1.807) is 17.7 Å². The van der Waals surface area contributed by atoms with Crippen molar-refractivity contribution < 1.29 is 0 Å². The van der Waals surface area contributed by atoms with Crippen LogP contribution in [0.5, 0.6) is 0 Å². The van der Waals surface area contributed by atoms with Gasteiger partial charge in [0.25, 0.3) is 0 Å². The van der Waals surface area contributed by atoms with Crippen LogP contribution in [0.4, 0.5) is 5.82 Å². The number of hydrogen-bond donors (Lipinski definition) is 1. The van der Waals surface area contributed by atoms with Crippen LogP contribution in [0.2, 0.25) is 0 Å². The molecule has 0 saturated heterocycles. The van der Waals surface area contributed by atoms with Crippen molar-refractivity contribution in [3.63, 3.8) is 0 Å². The summed E-state index contributed by atoms with van der Waals surface area (Å²) in [6.07, 6.45) is 5.45. The van der Waals surface area contributed by atoms with Gasteiger partial charge in [0.1, 0.15) is 17.0 Å². The highest BCUT2D eigenvalue weighted by atomic mass is 32.1. The van der Waals surface area contributed by atoms with E-state index in [0.29, 0.717) is 12.0 Å². The second kappa shape index (κ2) is 5.66. The molecule has 2 unspecified atom stereocenters. The first-order valence-electron chi connectivity index (χ1n) is 7.42. The van der Waals surface area contributed by atoms with Crippen molar-refractivity contribution in [2.24, 2.45) is 11.7 Å². The molecule has 4 nitrogen and oxygen atoms in total. The summed E-state index contributed by atoms with van der Waals surface area (Å²) in [5.74, 6) is 1.69. The van der Waals surface area contributed by atoms with Gasteiger partial charge in [-0.3, -0.25) is 0 Å². The normalized spacial score (nSPS) is 22.6. The molecule has 2 heterocycles. The van der Waals surface area contributed by atoms with E-state index >= 15 is 0 Å². The minimum Gasteiger partial charge on any atom is -0.353 e. The quantitative estimate of drug-likeness (QED) is 0.940. The number of thiophene rings is 1. The Hall–Kier alpha value is -1.20. The van der Waals surface area contributed by atoms with Gasteiger partial charge in [0.2, 0.25) is 0 Å². The summed E-state index contributed by atoms with van der Waals surface area (Å²) in [6, 6.07) is 2.74. The molecule has 0 aliphatic heterocycles. The molecule has 1 fully saturated rings. The Kier molecular flexibility index (Phi) is 3.89. The number of anilines is 1. The third-order valence-electron chi connectivity index (χ3n) is 4.37. The molecule has 0 spiro atoms. The molecule has 2 N–H and O–H groups in total. The number of nitrogens with zero attached hydrogens (tertiary/aromatic N) is 3. The lowest BCUT2D eigenvalue weighted by molar-refractivity contribution is 0.460. The fourth-order valence-corrected chi connectivity index (χ4v) is 4.28. The lowest BCUT2D eigenvalue weighted by Crippen LogP contribution is -2.41. The second-order valence-electron chi connectivity index (χ2n) is 5.55. The number of aryl methyl sites for hydroxylation is 1. The van der Waals surface area contributed by atoms with E-state index in [2.05, 4.69) is 34.8 Å². The maximum Gasteiger partial charge on any atom is 0.141 e. The van der Waals surface area contributed by atoms with Crippen molar-refractivity contribution in [3.8, 4) is 0 Å². The molecule has 2 aromatic rings. The van der Waals surface area contributed by atoms with Gasteiger partial charge >= 0.3 is 0 Å². The van der Waals surface area contributed by atoms with Gasteiger partial charge in [-0.25, -0.2) is 9.97 Å². The molecular formula is C15H22N4S. The van der Waals surface area contributed by atoms with Gasteiger partial charge in [-0.15, -0.1) is 11.3 Å². The molecule has 1 saturated carbocycles. The summed E-state index contributed by atoms with van der Waals surface area (Å²) in [7, 11) is 0. The molecule has 1 aliphatic rings. The van der Waals surface area contributed by atoms with E-state index < -0.39 is 0 Å². The zero-order valence-corrected chi connectivity index (χ0v) is 13.0. The Bertz CT molecular complexity index is 595. The summed E-state index contributed by atoms with van der Waals surface area (Å²) in [6.45, 7) is 6.09. The van der Waals surface area contributed by atoms with Gasteiger partial charge in [-0.05, 0) is 45.2 Å². The average molecular weight is 290 g/mol. The summed E-state index contributed by atoms with van der Waals surface area (Å²) >= 11 is 1.74. The molecule has 0 bridgehead atoms. The Labute approximate surface area is 124 Å². The van der Waals surface area contributed by atoms with E-state index in [1.807, 2.05) is 0 Å². The smallest absolute Gasteiger partial charge is 0.141 e. The number of aromatic nitrogens is 2. The zero-order chi connectivity index (χ0) is 14.1. The average Bonchev–Trinajstić information content (AvgIpc) is 3.05. The number of nitrogens with two attached hydrogens (primary N) is 1. The van der Waals surface area contributed by atoms with Crippen molar-refractivity contribution in [1.29, 1.82) is 0 Å². The molecule has 2 atom stereocenters. The molecular weight excluding hydrogens is 268 g/mol. The van der Waals surface area contributed by atoms with Crippen LogP contribution in [0.15, 0.2) is 12.4 Å². The Morgan fingerprint density at radius 2 is 2.25 bits per heavy atom. The van der Waals surface area contributed by atoms with Crippen molar-refractivity contribution in [3.05, 3.63) is 17.3 Å². The summed E-state index contributed by atoms with van der Waals surface area (Å²) < 4.78 is 0. The van der Waals surface area contributed by atoms with Crippen molar-refractivity contribution in [2.75, 3.05) is 18.0 Å². The van der Waals surface area contributed by atoms with Crippen LogP contribution in [0.1, 0.15) is 31.1 Å². The van der Waals surface area contributed by atoms with Crippen LogP contribution in [0, 0.1) is 12.8 Å². The fraction of sp³-hybridized carbons (Fsp3) is 0.600. The van der Waals surface area contributed by atoms with Crippen LogP contribution < -0.4 is 10.6 Å². The van der Waals surface area contributed by atoms with E-state index in [0.717, 1.165) is 23.7 Å². The molecule has 0 amide bonds. The first kappa shape index (κ1) is 13.8. The molecule has 3 rings (SSSR count). The van der Waals surface area contributed by atoms with Crippen LogP contribution >= 0.6 is 11.3 Å². The number of rotatable bonds is 4. The van der Waals surface area contributed by atoms with Crippen molar-refractivity contribution in [2.45, 2.75) is 39.2 Å². The summed E-state index contributed by atoms with van der Waals surface area (Å²) in [5.41, 5.74) is 5.95. The van der Waals surface area contributed by atoms with Gasteiger partial charge in [0.05, 0.1) is 5.39 Å². The van der Waals surface area contributed by atoms with Gasteiger partial charge in [0.15, 0.2) is 0 Å². The molecule has 0 radical (unpaired) electrons. The minimum absolute atomic E-state index is 0.531. The van der Waals surface area contributed by atoms with Gasteiger partial charge in [0, 0.05) is 17.5 Å². The minimum atomic E-state index is 0.531. The zero-order valence-electron chi connectivity index (χ0n) is 12.2. The first-order chi connectivity index (χ1) is 9.74. The molecule has 108 valence electrons. The fourth-order valence-electron chi connectivity index (χ4n) is 3.44. The van der Waals surface area contributed by atoms with Crippen LogP contribution in [-0.2, 0) is 0 Å². The highest BCUT2D eigenvalue weighted by Gasteiger charge is 2.32. The SMILES string of the molecule is CCN(c1ncnc2sc(C)cc12)C1CCCC1CN. The topological polar surface area (TPSA) is 55.0 Å². The van der Waals surface area contributed by atoms with Crippen molar-refractivity contribution in [1.82, 2.24) is 9.97 Å². The Balaban J connectivity index is 2.02. The van der Waals surface area contributed by atoms with Gasteiger partial charge in [-0.2, -0.15) is 0 Å². The highest BCUT2D eigenvalue weighted by Crippen LogP contribution is 2.36. The third kappa shape index (κ3) is 2.29. The number of hydrogen-bond acceptors (Lipinski definition) is 5. The maximum absolute atomic E-state index is 5.95. The van der Waals surface area contributed by atoms with Gasteiger partial charge < -0.3 is 10.6 Å². The summed E-state index contributed by atoms with van der Waals surface area (Å²) in [5, 5.41) is 1.19. The lowest BCUT2D eigenvalue weighted by atomic mass is 10.0. The third-order valence-corrected chi connectivity index (χ3v) is 5.32. The van der Waals surface area contributed by atoms with Crippen molar-refractivity contribution >= 4 is 27.4 Å². The first-order valence-corrected chi connectivity index (χ1v) is 8.24. The molecule has 20 heavy (non-hydrogen) atoms. The molecule has 1 aliphatic carbocycles. The predicted octanol–water partition coefficient (Wildman–Crippen LogP) is 2.95. The number of fused-ring (bicyclic) bond motifs is 1. The molecule has 5 heteroatoms. The van der Waals surface area contributed by atoms with E-state index in [-0.39, 0.29) is 0 Å². The Morgan fingerprint density at radius 3 is 3.00 bits per heavy atom. The predicted molar refractivity (Wildman–Crippen MR) is 85.4 cm³/mol. The molecule has 0 aromatic carbocycles. The monoisotopic (exact) mass is 290 g/mol. The lowest BCUT2D eigenvalue weighted by Gasteiger charge is -2.33. The van der Waals surface area contributed by atoms with E-state index in [1.165, 1.54) is 29.5 Å². The summed E-state index contributed by atoms with van der Waals surface area (Å²) in [4.78, 5) is 13.8. The van der Waals surface area contributed by atoms with Crippen LogP contribution in [0.25, 0.3) is 10.2 Å². The largest absolute Gasteiger partial charge is 0.353 e.